The van der Waals surface area contributed by atoms with Crippen LogP contribution >= 0.6 is 24.0 Å². The van der Waals surface area contributed by atoms with E-state index in [1.165, 1.54) is 0 Å². The van der Waals surface area contributed by atoms with E-state index in [0.29, 0.717) is 0 Å². The summed E-state index contributed by atoms with van der Waals surface area (Å²) in [5.74, 6) is 0. The molecule has 0 aliphatic carbocycles. The minimum atomic E-state index is -4.45. The molecule has 0 aliphatic heterocycles. The Labute approximate surface area is 89.7 Å². The van der Waals surface area contributed by atoms with Crippen molar-refractivity contribution in [3.8, 4) is 0 Å². The topological polar surface area (TPSA) is 38.9 Å². The van der Waals surface area contributed by atoms with Crippen molar-refractivity contribution in [2.24, 2.45) is 5.73 Å². The highest BCUT2D eigenvalue weighted by Gasteiger charge is 2.33. The average molecular weight is 247 g/mol. The number of pyridine rings is 1. The smallest absolute Gasteiger partial charge is 0.325 e. The van der Waals surface area contributed by atoms with E-state index in [1.807, 2.05) is 0 Å². The van der Waals surface area contributed by atoms with Gasteiger partial charge in [0, 0.05) is 12.7 Å². The van der Waals surface area contributed by atoms with Gasteiger partial charge in [-0.15, -0.1) is 12.4 Å². The van der Waals surface area contributed by atoms with Crippen LogP contribution in [-0.2, 0) is 12.7 Å². The maximum absolute atomic E-state index is 12.2. The van der Waals surface area contributed by atoms with Gasteiger partial charge in [-0.25, -0.2) is 0 Å². The zero-order chi connectivity index (χ0) is 10.1. The van der Waals surface area contributed by atoms with Crippen LogP contribution in [0.15, 0.2) is 12.3 Å². The normalized spacial score (nSPS) is 10.9. The number of nitrogens with zero attached hydrogens (tertiary/aromatic N) is 1. The summed E-state index contributed by atoms with van der Waals surface area (Å²) < 4.78 is 36.6. The second-order valence-electron chi connectivity index (χ2n) is 2.36. The van der Waals surface area contributed by atoms with Crippen LogP contribution in [-0.4, -0.2) is 4.98 Å². The lowest BCUT2D eigenvalue weighted by atomic mass is 10.2. The Morgan fingerprint density at radius 2 is 2.00 bits per heavy atom. The van der Waals surface area contributed by atoms with Gasteiger partial charge in [0.05, 0.1) is 16.3 Å². The van der Waals surface area contributed by atoms with E-state index < -0.39 is 16.8 Å². The van der Waals surface area contributed by atoms with Crippen molar-refractivity contribution in [2.45, 2.75) is 12.7 Å². The summed E-state index contributed by atoms with van der Waals surface area (Å²) in [6.07, 6.45) is -3.50. The standard InChI is InChI=1S/C7H6ClF3N2.ClH/c8-6-3-13-4(2-12)1-5(6)7(9,10)11;/h1,3H,2,12H2;1H. The summed E-state index contributed by atoms with van der Waals surface area (Å²) in [5, 5.41) is -0.412. The molecule has 80 valence electrons. The van der Waals surface area contributed by atoms with E-state index in [-0.39, 0.29) is 24.6 Å². The second kappa shape index (κ2) is 4.82. The Morgan fingerprint density at radius 3 is 2.43 bits per heavy atom. The van der Waals surface area contributed by atoms with Gasteiger partial charge in [0.25, 0.3) is 0 Å². The van der Waals surface area contributed by atoms with Gasteiger partial charge >= 0.3 is 6.18 Å². The predicted octanol–water partition coefficient (Wildman–Crippen LogP) is 2.63. The highest BCUT2D eigenvalue weighted by atomic mass is 35.5. The van der Waals surface area contributed by atoms with Crippen molar-refractivity contribution in [3.63, 3.8) is 0 Å². The highest BCUT2D eigenvalue weighted by Crippen LogP contribution is 2.34. The lowest BCUT2D eigenvalue weighted by Gasteiger charge is -2.09. The Morgan fingerprint density at radius 1 is 1.43 bits per heavy atom. The van der Waals surface area contributed by atoms with Crippen LogP contribution in [0.3, 0.4) is 0 Å². The summed E-state index contributed by atoms with van der Waals surface area (Å²) in [6.45, 7) is -0.0414. The summed E-state index contributed by atoms with van der Waals surface area (Å²) in [5.41, 5.74) is 4.40. The van der Waals surface area contributed by atoms with Crippen LogP contribution in [0.4, 0.5) is 13.2 Å². The van der Waals surface area contributed by atoms with E-state index >= 15 is 0 Å². The van der Waals surface area contributed by atoms with Crippen molar-refractivity contribution >= 4 is 24.0 Å². The van der Waals surface area contributed by atoms with Crippen molar-refractivity contribution in [1.82, 2.24) is 4.98 Å². The van der Waals surface area contributed by atoms with E-state index in [1.54, 1.807) is 0 Å². The third kappa shape index (κ3) is 3.01. The number of hydrogen-bond donors (Lipinski definition) is 1. The summed E-state index contributed by atoms with van der Waals surface area (Å²) in [6, 6.07) is 0.850. The molecule has 0 unspecified atom stereocenters. The molecule has 14 heavy (non-hydrogen) atoms. The first-order chi connectivity index (χ1) is 5.95. The lowest BCUT2D eigenvalue weighted by molar-refractivity contribution is -0.137. The number of alkyl halides is 3. The maximum Gasteiger partial charge on any atom is 0.417 e. The van der Waals surface area contributed by atoms with Gasteiger partial charge in [-0.2, -0.15) is 13.2 Å². The van der Waals surface area contributed by atoms with Gasteiger partial charge in [0.1, 0.15) is 0 Å². The Bertz CT molecular complexity index is 314. The molecule has 1 heterocycles. The molecule has 0 spiro atoms. The summed E-state index contributed by atoms with van der Waals surface area (Å²) >= 11 is 5.31. The minimum absolute atomic E-state index is 0. The van der Waals surface area contributed by atoms with Gasteiger partial charge in [0.2, 0.25) is 0 Å². The van der Waals surface area contributed by atoms with E-state index in [2.05, 4.69) is 4.98 Å². The molecule has 0 fully saturated rings. The number of rotatable bonds is 1. The molecule has 0 aliphatic rings. The molecule has 0 radical (unpaired) electrons. The Hall–Kier alpha value is -0.520. The van der Waals surface area contributed by atoms with Crippen molar-refractivity contribution < 1.29 is 13.2 Å². The second-order valence-corrected chi connectivity index (χ2v) is 2.76. The third-order valence-corrected chi connectivity index (χ3v) is 1.73. The number of halogens is 5. The molecule has 1 rings (SSSR count). The zero-order valence-corrected chi connectivity index (χ0v) is 8.38. The molecule has 0 aromatic carbocycles. The third-order valence-electron chi connectivity index (χ3n) is 1.43. The average Bonchev–Trinajstić information content (AvgIpc) is 2.03. The molecule has 2 N–H and O–H groups in total. The molecule has 1 aromatic heterocycles. The SMILES string of the molecule is Cl.NCc1cc(C(F)(F)F)c(Cl)cn1. The predicted molar refractivity (Wildman–Crippen MR) is 49.4 cm³/mol. The monoisotopic (exact) mass is 246 g/mol. The van der Waals surface area contributed by atoms with Crippen molar-refractivity contribution in [3.05, 3.63) is 28.5 Å². The Kier molecular flexibility index (Phi) is 4.64. The fourth-order valence-corrected chi connectivity index (χ4v) is 1.02. The first-order valence-corrected chi connectivity index (χ1v) is 3.74. The molecule has 2 nitrogen and oxygen atoms in total. The molecule has 0 saturated carbocycles. The largest absolute Gasteiger partial charge is 0.417 e. The fraction of sp³-hybridized carbons (Fsp3) is 0.286. The Balaban J connectivity index is 0.00000169. The van der Waals surface area contributed by atoms with E-state index in [4.69, 9.17) is 17.3 Å². The first kappa shape index (κ1) is 13.5. The molecule has 0 saturated heterocycles. The van der Waals surface area contributed by atoms with Crippen LogP contribution in [0.2, 0.25) is 5.02 Å². The van der Waals surface area contributed by atoms with Crippen LogP contribution in [0.5, 0.6) is 0 Å². The lowest BCUT2D eigenvalue weighted by Crippen LogP contribution is -2.09. The molecular weight excluding hydrogens is 240 g/mol. The summed E-state index contributed by atoms with van der Waals surface area (Å²) in [7, 11) is 0. The molecule has 0 bridgehead atoms. The zero-order valence-electron chi connectivity index (χ0n) is 6.81. The van der Waals surface area contributed by atoms with Gasteiger partial charge in [-0.3, -0.25) is 4.98 Å². The maximum atomic E-state index is 12.2. The van der Waals surface area contributed by atoms with Crippen molar-refractivity contribution in [2.75, 3.05) is 0 Å². The van der Waals surface area contributed by atoms with Gasteiger partial charge < -0.3 is 5.73 Å². The molecule has 0 atom stereocenters. The minimum Gasteiger partial charge on any atom is -0.325 e. The van der Waals surface area contributed by atoms with Crippen LogP contribution in [0.25, 0.3) is 0 Å². The number of nitrogens with two attached hydrogens (primary N) is 1. The molecule has 0 amide bonds. The quantitative estimate of drug-likeness (QED) is 0.828. The highest BCUT2D eigenvalue weighted by molar-refractivity contribution is 6.31. The number of hydrogen-bond acceptors (Lipinski definition) is 2. The summed E-state index contributed by atoms with van der Waals surface area (Å²) in [4.78, 5) is 3.61. The van der Waals surface area contributed by atoms with Crippen LogP contribution in [0, 0.1) is 0 Å². The van der Waals surface area contributed by atoms with Gasteiger partial charge in [-0.1, -0.05) is 11.6 Å². The fourth-order valence-electron chi connectivity index (χ4n) is 0.811. The van der Waals surface area contributed by atoms with Gasteiger partial charge in [0.15, 0.2) is 0 Å². The first-order valence-electron chi connectivity index (χ1n) is 3.37. The number of aromatic nitrogens is 1. The van der Waals surface area contributed by atoms with E-state index in [9.17, 15) is 13.2 Å². The van der Waals surface area contributed by atoms with Crippen LogP contribution < -0.4 is 5.73 Å². The molecule has 1 aromatic rings. The molecular formula is C7H7Cl2F3N2. The van der Waals surface area contributed by atoms with E-state index in [0.717, 1.165) is 12.3 Å². The van der Waals surface area contributed by atoms with Crippen molar-refractivity contribution in [1.29, 1.82) is 0 Å². The van der Waals surface area contributed by atoms with Crippen LogP contribution in [0.1, 0.15) is 11.3 Å². The van der Waals surface area contributed by atoms with Gasteiger partial charge in [-0.05, 0) is 6.07 Å². The molecule has 7 heteroatoms.